The maximum absolute atomic E-state index is 5.79. The van der Waals surface area contributed by atoms with Gasteiger partial charge in [0, 0.05) is 19.1 Å². The molecular weight excluding hydrogens is 236 g/mol. The highest BCUT2D eigenvalue weighted by molar-refractivity contribution is 6.30. The molecular formula is C12H19ClN4. The van der Waals surface area contributed by atoms with E-state index in [1.54, 1.807) is 12.4 Å². The summed E-state index contributed by atoms with van der Waals surface area (Å²) < 4.78 is 0. The highest BCUT2D eigenvalue weighted by atomic mass is 35.5. The molecule has 0 aliphatic heterocycles. The maximum atomic E-state index is 5.79. The summed E-state index contributed by atoms with van der Waals surface area (Å²) in [5.41, 5.74) is 0. The zero-order valence-electron chi connectivity index (χ0n) is 10.4. The van der Waals surface area contributed by atoms with Gasteiger partial charge in [-0.05, 0) is 32.7 Å². The molecule has 0 amide bonds. The molecule has 1 aliphatic rings. The Hall–Kier alpha value is -0.870. The third-order valence-corrected chi connectivity index (χ3v) is 3.77. The number of hydrogen-bond donors (Lipinski definition) is 1. The predicted octanol–water partition coefficient (Wildman–Crippen LogP) is 2.10. The van der Waals surface area contributed by atoms with Crippen molar-refractivity contribution in [1.29, 1.82) is 0 Å². The standard InChI is InChI=1S/C12H19ClN4/c1-14-10-3-5-11(6-4-10)17(2)12-15-7-9(13)8-16-12/h7-8,10-11,14H,3-6H2,1-2H3. The Kier molecular flexibility index (Phi) is 4.18. The summed E-state index contributed by atoms with van der Waals surface area (Å²) in [6, 6.07) is 1.21. The first-order valence-corrected chi connectivity index (χ1v) is 6.46. The highest BCUT2D eigenvalue weighted by Gasteiger charge is 2.24. The fourth-order valence-corrected chi connectivity index (χ4v) is 2.50. The summed E-state index contributed by atoms with van der Waals surface area (Å²) in [6.45, 7) is 0. The van der Waals surface area contributed by atoms with E-state index in [0.717, 1.165) is 5.95 Å². The second-order valence-electron chi connectivity index (χ2n) is 4.61. The van der Waals surface area contributed by atoms with Gasteiger partial charge in [0.05, 0.1) is 17.4 Å². The Morgan fingerprint density at radius 1 is 1.24 bits per heavy atom. The van der Waals surface area contributed by atoms with Crippen molar-refractivity contribution >= 4 is 17.5 Å². The highest BCUT2D eigenvalue weighted by Crippen LogP contribution is 2.24. The van der Waals surface area contributed by atoms with E-state index in [0.29, 0.717) is 17.1 Å². The van der Waals surface area contributed by atoms with Crippen molar-refractivity contribution in [2.24, 2.45) is 0 Å². The molecule has 0 atom stereocenters. The van der Waals surface area contributed by atoms with Gasteiger partial charge < -0.3 is 10.2 Å². The lowest BCUT2D eigenvalue weighted by atomic mass is 9.90. The molecule has 94 valence electrons. The van der Waals surface area contributed by atoms with Crippen molar-refractivity contribution in [2.45, 2.75) is 37.8 Å². The van der Waals surface area contributed by atoms with Gasteiger partial charge in [0.15, 0.2) is 0 Å². The molecule has 1 aliphatic carbocycles. The molecule has 4 nitrogen and oxygen atoms in total. The maximum Gasteiger partial charge on any atom is 0.225 e. The molecule has 1 heterocycles. The van der Waals surface area contributed by atoms with Gasteiger partial charge in [-0.25, -0.2) is 9.97 Å². The number of nitrogens with zero attached hydrogens (tertiary/aromatic N) is 3. The van der Waals surface area contributed by atoms with Crippen LogP contribution in [-0.4, -0.2) is 36.1 Å². The molecule has 0 unspecified atom stereocenters. The normalized spacial score (nSPS) is 24.6. The summed E-state index contributed by atoms with van der Waals surface area (Å²) >= 11 is 5.79. The average Bonchev–Trinajstić information content (AvgIpc) is 2.39. The van der Waals surface area contributed by atoms with E-state index in [4.69, 9.17) is 11.6 Å². The Morgan fingerprint density at radius 3 is 2.35 bits per heavy atom. The molecule has 0 saturated heterocycles. The monoisotopic (exact) mass is 254 g/mol. The van der Waals surface area contributed by atoms with Crippen LogP contribution in [0.25, 0.3) is 0 Å². The molecule has 1 saturated carbocycles. The van der Waals surface area contributed by atoms with E-state index in [9.17, 15) is 0 Å². The first-order valence-electron chi connectivity index (χ1n) is 6.08. The number of anilines is 1. The Balaban J connectivity index is 1.96. The van der Waals surface area contributed by atoms with Crippen molar-refractivity contribution in [1.82, 2.24) is 15.3 Å². The van der Waals surface area contributed by atoms with Crippen LogP contribution in [0.1, 0.15) is 25.7 Å². The summed E-state index contributed by atoms with van der Waals surface area (Å²) in [5, 5.41) is 3.93. The van der Waals surface area contributed by atoms with Gasteiger partial charge in [-0.3, -0.25) is 0 Å². The topological polar surface area (TPSA) is 41.0 Å². The fraction of sp³-hybridized carbons (Fsp3) is 0.667. The number of aromatic nitrogens is 2. The smallest absolute Gasteiger partial charge is 0.225 e. The van der Waals surface area contributed by atoms with E-state index in [2.05, 4.69) is 27.2 Å². The molecule has 0 bridgehead atoms. The lowest BCUT2D eigenvalue weighted by molar-refractivity contribution is 0.349. The van der Waals surface area contributed by atoms with Crippen LogP contribution in [0.2, 0.25) is 5.02 Å². The number of rotatable bonds is 3. The van der Waals surface area contributed by atoms with E-state index in [1.807, 2.05) is 7.05 Å². The predicted molar refractivity (Wildman–Crippen MR) is 70.5 cm³/mol. The van der Waals surface area contributed by atoms with Gasteiger partial charge in [-0.1, -0.05) is 11.6 Å². The van der Waals surface area contributed by atoms with E-state index in [-0.39, 0.29) is 0 Å². The Bertz CT molecular complexity index is 346. The van der Waals surface area contributed by atoms with Crippen LogP contribution in [0.4, 0.5) is 5.95 Å². The van der Waals surface area contributed by atoms with Crippen molar-refractivity contribution in [2.75, 3.05) is 19.0 Å². The third kappa shape index (κ3) is 3.07. The van der Waals surface area contributed by atoms with Crippen LogP contribution >= 0.6 is 11.6 Å². The minimum Gasteiger partial charge on any atom is -0.341 e. The molecule has 17 heavy (non-hydrogen) atoms. The van der Waals surface area contributed by atoms with Crippen LogP contribution in [0.5, 0.6) is 0 Å². The Morgan fingerprint density at radius 2 is 1.82 bits per heavy atom. The quantitative estimate of drug-likeness (QED) is 0.897. The summed E-state index contributed by atoms with van der Waals surface area (Å²) in [6.07, 6.45) is 8.12. The van der Waals surface area contributed by atoms with Gasteiger partial charge in [-0.2, -0.15) is 0 Å². The summed E-state index contributed by atoms with van der Waals surface area (Å²) in [4.78, 5) is 10.7. The zero-order chi connectivity index (χ0) is 12.3. The molecule has 0 radical (unpaired) electrons. The molecule has 1 aromatic heterocycles. The van der Waals surface area contributed by atoms with Gasteiger partial charge in [0.2, 0.25) is 5.95 Å². The van der Waals surface area contributed by atoms with Crippen molar-refractivity contribution in [3.8, 4) is 0 Å². The van der Waals surface area contributed by atoms with Crippen LogP contribution in [-0.2, 0) is 0 Å². The van der Waals surface area contributed by atoms with Crippen LogP contribution < -0.4 is 10.2 Å². The lowest BCUT2D eigenvalue weighted by Gasteiger charge is -2.34. The molecule has 1 N–H and O–H groups in total. The SMILES string of the molecule is CNC1CCC(N(C)c2ncc(Cl)cn2)CC1. The van der Waals surface area contributed by atoms with E-state index < -0.39 is 0 Å². The minimum absolute atomic E-state index is 0.542. The van der Waals surface area contributed by atoms with Gasteiger partial charge in [0.25, 0.3) is 0 Å². The first kappa shape index (κ1) is 12.6. The van der Waals surface area contributed by atoms with Gasteiger partial charge in [0.1, 0.15) is 0 Å². The summed E-state index contributed by atoms with van der Waals surface area (Å²) in [7, 11) is 4.10. The van der Waals surface area contributed by atoms with Crippen molar-refractivity contribution < 1.29 is 0 Å². The minimum atomic E-state index is 0.542. The van der Waals surface area contributed by atoms with Crippen LogP contribution in [0.3, 0.4) is 0 Å². The molecule has 2 rings (SSSR count). The van der Waals surface area contributed by atoms with Crippen LogP contribution in [0, 0.1) is 0 Å². The van der Waals surface area contributed by atoms with Gasteiger partial charge in [-0.15, -0.1) is 0 Å². The molecule has 0 aromatic carbocycles. The molecule has 1 fully saturated rings. The van der Waals surface area contributed by atoms with Crippen molar-refractivity contribution in [3.63, 3.8) is 0 Å². The molecule has 1 aromatic rings. The average molecular weight is 255 g/mol. The Labute approximate surface area is 107 Å². The second-order valence-corrected chi connectivity index (χ2v) is 5.04. The number of nitrogens with one attached hydrogen (secondary N) is 1. The largest absolute Gasteiger partial charge is 0.341 e. The van der Waals surface area contributed by atoms with E-state index >= 15 is 0 Å². The number of halogens is 1. The second kappa shape index (κ2) is 5.65. The zero-order valence-corrected chi connectivity index (χ0v) is 11.1. The van der Waals surface area contributed by atoms with Crippen LogP contribution in [0.15, 0.2) is 12.4 Å². The fourth-order valence-electron chi connectivity index (χ4n) is 2.40. The first-order chi connectivity index (χ1) is 8.20. The van der Waals surface area contributed by atoms with E-state index in [1.165, 1.54) is 25.7 Å². The number of hydrogen-bond acceptors (Lipinski definition) is 4. The molecule has 5 heteroatoms. The molecule has 0 spiro atoms. The van der Waals surface area contributed by atoms with Gasteiger partial charge >= 0.3 is 0 Å². The summed E-state index contributed by atoms with van der Waals surface area (Å²) in [5.74, 6) is 0.766. The third-order valence-electron chi connectivity index (χ3n) is 3.57. The van der Waals surface area contributed by atoms with Crippen molar-refractivity contribution in [3.05, 3.63) is 17.4 Å². The lowest BCUT2D eigenvalue weighted by Crippen LogP contribution is -2.40.